The number of hydrogen-bond donors (Lipinski definition) is 1. The Balaban J connectivity index is 2.70. The number of hydrogen-bond acceptors (Lipinski definition) is 2. The second kappa shape index (κ2) is 7.52. The lowest BCUT2D eigenvalue weighted by Gasteiger charge is -2.09. The van der Waals surface area contributed by atoms with E-state index in [0.29, 0.717) is 11.8 Å². The number of alkyl halides is 1. The fraction of sp³-hybridized carbons (Fsp3) is 0.250. The van der Waals surface area contributed by atoms with Gasteiger partial charge in [-0.25, -0.2) is 0 Å². The van der Waals surface area contributed by atoms with E-state index in [9.17, 15) is 4.79 Å². The van der Waals surface area contributed by atoms with Gasteiger partial charge in [0, 0.05) is 22.4 Å². The van der Waals surface area contributed by atoms with Gasteiger partial charge in [0.25, 0.3) is 0 Å². The molecule has 0 aromatic heterocycles. The second-order valence-corrected chi connectivity index (χ2v) is 4.94. The second-order valence-electron chi connectivity index (χ2n) is 3.08. The van der Waals surface area contributed by atoms with Crippen LogP contribution in [0.3, 0.4) is 0 Å². The molecule has 0 radical (unpaired) electrons. The predicted octanol–water partition coefficient (Wildman–Crippen LogP) is 3.69. The van der Waals surface area contributed by atoms with Gasteiger partial charge in [0.1, 0.15) is 0 Å². The number of benzene rings is 1. The minimum absolute atomic E-state index is 0.0310. The topological polar surface area (TPSA) is 29.1 Å². The summed E-state index contributed by atoms with van der Waals surface area (Å²) >= 11 is 4.91. The van der Waals surface area contributed by atoms with Crippen molar-refractivity contribution in [1.82, 2.24) is 0 Å². The first kappa shape index (κ1) is 13.3. The van der Waals surface area contributed by atoms with Crippen LogP contribution in [-0.4, -0.2) is 17.0 Å². The standard InChI is InChI=1S/C12H14BrNOS/c1-2-9-16-11-6-4-3-5-10(11)14-12(15)7-8-13/h2-6H,1,7-9H2,(H,14,15). The van der Waals surface area contributed by atoms with Gasteiger partial charge in [0.05, 0.1) is 5.69 Å². The third-order valence-corrected chi connectivity index (χ3v) is 3.31. The maximum absolute atomic E-state index is 11.5. The Labute approximate surface area is 109 Å². The Morgan fingerprint density at radius 1 is 1.50 bits per heavy atom. The summed E-state index contributed by atoms with van der Waals surface area (Å²) in [5.74, 6) is 0.870. The van der Waals surface area contributed by atoms with Crippen molar-refractivity contribution in [3.8, 4) is 0 Å². The number of carbonyl (C=O) groups excluding carboxylic acids is 1. The maximum atomic E-state index is 11.5. The Morgan fingerprint density at radius 2 is 2.25 bits per heavy atom. The number of para-hydroxylation sites is 1. The summed E-state index contributed by atoms with van der Waals surface area (Å²) in [6.45, 7) is 3.68. The minimum Gasteiger partial charge on any atom is -0.325 e. The van der Waals surface area contributed by atoms with E-state index in [0.717, 1.165) is 16.3 Å². The molecule has 0 aliphatic rings. The van der Waals surface area contributed by atoms with Crippen molar-refractivity contribution in [3.05, 3.63) is 36.9 Å². The summed E-state index contributed by atoms with van der Waals surface area (Å²) in [4.78, 5) is 12.5. The van der Waals surface area contributed by atoms with Gasteiger partial charge in [0.15, 0.2) is 0 Å². The zero-order chi connectivity index (χ0) is 11.8. The van der Waals surface area contributed by atoms with Gasteiger partial charge in [-0.3, -0.25) is 4.79 Å². The van der Waals surface area contributed by atoms with Crippen molar-refractivity contribution in [2.75, 3.05) is 16.4 Å². The molecule has 1 aromatic rings. The number of nitrogens with one attached hydrogen (secondary N) is 1. The van der Waals surface area contributed by atoms with E-state index in [-0.39, 0.29) is 5.91 Å². The van der Waals surface area contributed by atoms with Crippen LogP contribution in [0.2, 0.25) is 0 Å². The number of rotatable bonds is 6. The molecular weight excluding hydrogens is 286 g/mol. The third-order valence-electron chi connectivity index (χ3n) is 1.84. The third kappa shape index (κ3) is 4.41. The maximum Gasteiger partial charge on any atom is 0.225 e. The highest BCUT2D eigenvalue weighted by Crippen LogP contribution is 2.26. The van der Waals surface area contributed by atoms with E-state index in [1.807, 2.05) is 30.3 Å². The molecule has 0 aliphatic carbocycles. The average molecular weight is 300 g/mol. The monoisotopic (exact) mass is 299 g/mol. The molecule has 2 nitrogen and oxygen atoms in total. The summed E-state index contributed by atoms with van der Waals surface area (Å²) in [7, 11) is 0. The van der Waals surface area contributed by atoms with E-state index < -0.39 is 0 Å². The molecule has 4 heteroatoms. The molecule has 0 spiro atoms. The lowest BCUT2D eigenvalue weighted by molar-refractivity contribution is -0.115. The summed E-state index contributed by atoms with van der Waals surface area (Å²) in [5.41, 5.74) is 0.875. The van der Waals surface area contributed by atoms with Crippen molar-refractivity contribution in [2.45, 2.75) is 11.3 Å². The highest BCUT2D eigenvalue weighted by Gasteiger charge is 2.05. The van der Waals surface area contributed by atoms with Crippen LogP contribution in [0.1, 0.15) is 6.42 Å². The molecule has 86 valence electrons. The molecule has 0 heterocycles. The number of halogens is 1. The quantitative estimate of drug-likeness (QED) is 0.493. The highest BCUT2D eigenvalue weighted by atomic mass is 79.9. The van der Waals surface area contributed by atoms with Gasteiger partial charge < -0.3 is 5.32 Å². The Bertz CT molecular complexity index is 368. The fourth-order valence-corrected chi connectivity index (χ4v) is 2.25. The van der Waals surface area contributed by atoms with E-state index >= 15 is 0 Å². The molecule has 0 atom stereocenters. The molecule has 1 rings (SSSR count). The van der Waals surface area contributed by atoms with Crippen molar-refractivity contribution >= 4 is 39.3 Å². The van der Waals surface area contributed by atoms with Gasteiger partial charge in [-0.05, 0) is 12.1 Å². The van der Waals surface area contributed by atoms with E-state index in [1.54, 1.807) is 11.8 Å². The van der Waals surface area contributed by atoms with Crippen LogP contribution < -0.4 is 5.32 Å². The molecule has 0 saturated heterocycles. The van der Waals surface area contributed by atoms with Gasteiger partial charge >= 0.3 is 0 Å². The van der Waals surface area contributed by atoms with Crippen LogP contribution in [0.5, 0.6) is 0 Å². The SMILES string of the molecule is C=CCSc1ccccc1NC(=O)CCBr. The van der Waals surface area contributed by atoms with Crippen molar-refractivity contribution in [1.29, 1.82) is 0 Å². The Kier molecular flexibility index (Phi) is 6.26. The summed E-state index contributed by atoms with van der Waals surface area (Å²) in [5, 5.41) is 3.58. The zero-order valence-electron chi connectivity index (χ0n) is 8.91. The molecular formula is C12H14BrNOS. The van der Waals surface area contributed by atoms with Crippen molar-refractivity contribution in [3.63, 3.8) is 0 Å². The van der Waals surface area contributed by atoms with Gasteiger partial charge in [-0.15, -0.1) is 18.3 Å². The molecule has 1 aromatic carbocycles. The Morgan fingerprint density at radius 3 is 2.94 bits per heavy atom. The average Bonchev–Trinajstić information content (AvgIpc) is 2.28. The molecule has 1 N–H and O–H groups in total. The molecule has 0 fully saturated rings. The smallest absolute Gasteiger partial charge is 0.225 e. The first-order valence-electron chi connectivity index (χ1n) is 4.96. The van der Waals surface area contributed by atoms with E-state index in [2.05, 4.69) is 27.8 Å². The minimum atomic E-state index is 0.0310. The lowest BCUT2D eigenvalue weighted by atomic mass is 10.3. The van der Waals surface area contributed by atoms with Crippen molar-refractivity contribution < 1.29 is 4.79 Å². The van der Waals surface area contributed by atoms with Crippen LogP contribution in [0.25, 0.3) is 0 Å². The van der Waals surface area contributed by atoms with Gasteiger partial charge in [-0.2, -0.15) is 0 Å². The molecule has 0 bridgehead atoms. The molecule has 1 amide bonds. The van der Waals surface area contributed by atoms with Crippen LogP contribution in [-0.2, 0) is 4.79 Å². The largest absolute Gasteiger partial charge is 0.325 e. The van der Waals surface area contributed by atoms with Crippen LogP contribution in [0, 0.1) is 0 Å². The highest BCUT2D eigenvalue weighted by molar-refractivity contribution is 9.09. The summed E-state index contributed by atoms with van der Waals surface area (Å²) < 4.78 is 0. The molecule has 0 aliphatic heterocycles. The van der Waals surface area contributed by atoms with Crippen LogP contribution in [0.4, 0.5) is 5.69 Å². The fourth-order valence-electron chi connectivity index (χ4n) is 1.14. The normalized spacial score (nSPS) is 9.81. The van der Waals surface area contributed by atoms with E-state index in [1.165, 1.54) is 0 Å². The van der Waals surface area contributed by atoms with E-state index in [4.69, 9.17) is 0 Å². The van der Waals surface area contributed by atoms with Crippen LogP contribution >= 0.6 is 27.7 Å². The number of thioether (sulfide) groups is 1. The zero-order valence-corrected chi connectivity index (χ0v) is 11.3. The first-order valence-corrected chi connectivity index (χ1v) is 7.07. The number of anilines is 1. The predicted molar refractivity (Wildman–Crippen MR) is 74.4 cm³/mol. The van der Waals surface area contributed by atoms with Gasteiger partial charge in [0.2, 0.25) is 5.91 Å². The first-order chi connectivity index (χ1) is 7.77. The number of carbonyl (C=O) groups is 1. The summed E-state index contributed by atoms with van der Waals surface area (Å²) in [6, 6.07) is 7.79. The lowest BCUT2D eigenvalue weighted by Crippen LogP contribution is -2.12. The molecule has 0 unspecified atom stereocenters. The van der Waals surface area contributed by atoms with Crippen molar-refractivity contribution in [2.24, 2.45) is 0 Å². The molecule has 0 saturated carbocycles. The molecule has 16 heavy (non-hydrogen) atoms. The van der Waals surface area contributed by atoms with Gasteiger partial charge in [-0.1, -0.05) is 34.1 Å². The van der Waals surface area contributed by atoms with Crippen LogP contribution in [0.15, 0.2) is 41.8 Å². The Hall–Kier alpha value is -0.740. The summed E-state index contributed by atoms with van der Waals surface area (Å²) in [6.07, 6.45) is 2.34. The number of amides is 1.